The molecule has 0 radical (unpaired) electrons. The lowest BCUT2D eigenvalue weighted by atomic mass is 10.1. The fourth-order valence-corrected chi connectivity index (χ4v) is 3.45. The lowest BCUT2D eigenvalue weighted by Crippen LogP contribution is -2.50. The maximum atomic E-state index is 13.0. The lowest BCUT2D eigenvalue weighted by Gasteiger charge is -2.36. The first-order valence-corrected chi connectivity index (χ1v) is 9.47. The molecule has 1 aromatic rings. The van der Waals surface area contributed by atoms with Crippen molar-refractivity contribution in [2.24, 2.45) is 0 Å². The van der Waals surface area contributed by atoms with Crippen molar-refractivity contribution < 1.29 is 9.18 Å². The summed E-state index contributed by atoms with van der Waals surface area (Å²) in [5, 5.41) is 7.78. The fraction of sp³-hybridized carbons (Fsp3) is 0.474. The van der Waals surface area contributed by atoms with Crippen LogP contribution in [0, 0.1) is 11.2 Å². The standard InChI is InChI=1S/C19H26BrFN4O/c1-14(22)17(20)18(23(2)3)19(26)25-12-10-24(11-13-25)9-8-15-4-6-16(21)7-5-15/h4-7,22H,8-13H2,1-3H3/b18-17+,22-14?. The van der Waals surface area contributed by atoms with Crippen molar-refractivity contribution in [2.75, 3.05) is 46.8 Å². The molecule has 26 heavy (non-hydrogen) atoms. The molecule has 0 saturated carbocycles. The first kappa shape index (κ1) is 20.6. The normalized spacial score (nSPS) is 16.3. The van der Waals surface area contributed by atoms with E-state index in [-0.39, 0.29) is 11.7 Å². The number of piperazine rings is 1. The summed E-state index contributed by atoms with van der Waals surface area (Å²) in [5.74, 6) is -0.261. The van der Waals surface area contributed by atoms with Crippen molar-refractivity contribution in [3.8, 4) is 0 Å². The maximum absolute atomic E-state index is 13.0. The molecule has 2 rings (SSSR count). The molecular weight excluding hydrogens is 399 g/mol. The first-order valence-electron chi connectivity index (χ1n) is 8.68. The van der Waals surface area contributed by atoms with E-state index in [4.69, 9.17) is 5.41 Å². The second-order valence-corrected chi connectivity index (χ2v) is 7.49. The van der Waals surface area contributed by atoms with Gasteiger partial charge in [-0.3, -0.25) is 9.69 Å². The number of rotatable bonds is 6. The Labute approximate surface area is 163 Å². The van der Waals surface area contributed by atoms with Crippen LogP contribution in [0.1, 0.15) is 12.5 Å². The molecule has 1 fully saturated rings. The van der Waals surface area contributed by atoms with E-state index in [1.807, 2.05) is 31.1 Å². The summed E-state index contributed by atoms with van der Waals surface area (Å²) < 4.78 is 13.5. The van der Waals surface area contributed by atoms with Crippen molar-refractivity contribution in [1.82, 2.24) is 14.7 Å². The predicted octanol–water partition coefficient (Wildman–Crippen LogP) is 2.72. The van der Waals surface area contributed by atoms with E-state index in [0.717, 1.165) is 31.6 Å². The number of hydrogen-bond acceptors (Lipinski definition) is 4. The SMILES string of the molecule is CC(=N)/C(Br)=C(/C(=O)N1CCN(CCc2ccc(F)cc2)CC1)N(C)C. The van der Waals surface area contributed by atoms with Gasteiger partial charge < -0.3 is 15.2 Å². The summed E-state index contributed by atoms with van der Waals surface area (Å²) in [5.41, 5.74) is 1.96. The Bertz CT molecular complexity index is 679. The summed E-state index contributed by atoms with van der Waals surface area (Å²) in [6.45, 7) is 5.51. The molecule has 1 amide bonds. The fourth-order valence-electron chi connectivity index (χ4n) is 2.92. The topological polar surface area (TPSA) is 50.6 Å². The first-order chi connectivity index (χ1) is 12.3. The number of nitrogens with zero attached hydrogens (tertiary/aromatic N) is 3. The van der Waals surface area contributed by atoms with Gasteiger partial charge in [-0.15, -0.1) is 0 Å². The van der Waals surface area contributed by atoms with Gasteiger partial charge in [-0.2, -0.15) is 0 Å². The maximum Gasteiger partial charge on any atom is 0.271 e. The van der Waals surface area contributed by atoms with Crippen molar-refractivity contribution >= 4 is 27.5 Å². The highest BCUT2D eigenvalue weighted by atomic mass is 79.9. The number of hydrogen-bond donors (Lipinski definition) is 1. The molecule has 1 saturated heterocycles. The van der Waals surface area contributed by atoms with Crippen LogP contribution in [-0.2, 0) is 11.2 Å². The van der Waals surface area contributed by atoms with E-state index in [1.165, 1.54) is 12.1 Å². The van der Waals surface area contributed by atoms with Gasteiger partial charge in [0.2, 0.25) is 0 Å². The molecule has 1 aliphatic rings. The zero-order valence-electron chi connectivity index (χ0n) is 15.6. The van der Waals surface area contributed by atoms with Gasteiger partial charge in [-0.05, 0) is 47.0 Å². The highest BCUT2D eigenvalue weighted by Crippen LogP contribution is 2.19. The Kier molecular flexibility index (Phi) is 7.34. The predicted molar refractivity (Wildman–Crippen MR) is 106 cm³/mol. The molecule has 0 bridgehead atoms. The van der Waals surface area contributed by atoms with Gasteiger partial charge in [-0.1, -0.05) is 12.1 Å². The number of carbonyl (C=O) groups is 1. The van der Waals surface area contributed by atoms with E-state index < -0.39 is 0 Å². The number of nitrogens with one attached hydrogen (secondary N) is 1. The van der Waals surface area contributed by atoms with Crippen LogP contribution in [-0.4, -0.2) is 73.1 Å². The Morgan fingerprint density at radius 1 is 1.19 bits per heavy atom. The van der Waals surface area contributed by atoms with Crippen molar-refractivity contribution in [3.63, 3.8) is 0 Å². The minimum atomic E-state index is -0.211. The third kappa shape index (κ3) is 5.38. The second kappa shape index (κ2) is 9.28. The monoisotopic (exact) mass is 424 g/mol. The van der Waals surface area contributed by atoms with E-state index in [0.29, 0.717) is 29.0 Å². The lowest BCUT2D eigenvalue weighted by molar-refractivity contribution is -0.130. The molecule has 0 aliphatic carbocycles. The molecule has 1 heterocycles. The average molecular weight is 425 g/mol. The van der Waals surface area contributed by atoms with Gasteiger partial charge in [0.05, 0.1) is 4.48 Å². The van der Waals surface area contributed by atoms with Crippen molar-refractivity contribution in [2.45, 2.75) is 13.3 Å². The summed E-state index contributed by atoms with van der Waals surface area (Å²) in [4.78, 5) is 18.8. The van der Waals surface area contributed by atoms with Crippen LogP contribution in [0.2, 0.25) is 0 Å². The van der Waals surface area contributed by atoms with Gasteiger partial charge in [0.25, 0.3) is 5.91 Å². The average Bonchev–Trinajstić information content (AvgIpc) is 2.61. The van der Waals surface area contributed by atoms with Gasteiger partial charge in [0.1, 0.15) is 11.5 Å². The van der Waals surface area contributed by atoms with Crippen LogP contribution >= 0.6 is 15.9 Å². The van der Waals surface area contributed by atoms with E-state index in [9.17, 15) is 9.18 Å². The highest BCUT2D eigenvalue weighted by molar-refractivity contribution is 9.12. The molecule has 0 atom stereocenters. The number of carbonyl (C=O) groups excluding carboxylic acids is 1. The number of halogens is 2. The third-order valence-corrected chi connectivity index (χ3v) is 5.45. The Balaban J connectivity index is 1.90. The van der Waals surface area contributed by atoms with Crippen LogP contribution in [0.4, 0.5) is 4.39 Å². The van der Waals surface area contributed by atoms with Crippen molar-refractivity contribution in [1.29, 1.82) is 5.41 Å². The molecule has 1 aromatic carbocycles. The van der Waals surface area contributed by atoms with Crippen LogP contribution in [0.3, 0.4) is 0 Å². The molecule has 0 aromatic heterocycles. The van der Waals surface area contributed by atoms with E-state index in [1.54, 1.807) is 11.8 Å². The Morgan fingerprint density at radius 3 is 2.27 bits per heavy atom. The third-order valence-electron chi connectivity index (χ3n) is 4.48. The van der Waals surface area contributed by atoms with Gasteiger partial charge in [0, 0.05) is 52.5 Å². The van der Waals surface area contributed by atoms with Crippen LogP contribution in [0.15, 0.2) is 34.4 Å². The van der Waals surface area contributed by atoms with Gasteiger partial charge in [0.15, 0.2) is 0 Å². The van der Waals surface area contributed by atoms with Crippen molar-refractivity contribution in [3.05, 3.63) is 45.8 Å². The molecule has 0 unspecified atom stereocenters. The highest BCUT2D eigenvalue weighted by Gasteiger charge is 2.26. The van der Waals surface area contributed by atoms with Crippen LogP contribution in [0.5, 0.6) is 0 Å². The molecule has 7 heteroatoms. The summed E-state index contributed by atoms with van der Waals surface area (Å²) in [6, 6.07) is 6.62. The quantitative estimate of drug-likeness (QED) is 0.564. The molecule has 0 spiro atoms. The summed E-state index contributed by atoms with van der Waals surface area (Å²) in [6.07, 6.45) is 0.871. The minimum Gasteiger partial charge on any atom is -0.372 e. The zero-order chi connectivity index (χ0) is 19.3. The second-order valence-electron chi connectivity index (χ2n) is 6.69. The zero-order valence-corrected chi connectivity index (χ0v) is 17.1. The Morgan fingerprint density at radius 2 is 1.77 bits per heavy atom. The largest absolute Gasteiger partial charge is 0.372 e. The molecule has 1 aliphatic heterocycles. The van der Waals surface area contributed by atoms with Gasteiger partial charge >= 0.3 is 0 Å². The summed E-state index contributed by atoms with van der Waals surface area (Å²) >= 11 is 3.37. The van der Waals surface area contributed by atoms with Crippen LogP contribution < -0.4 is 0 Å². The van der Waals surface area contributed by atoms with E-state index in [2.05, 4.69) is 20.8 Å². The van der Waals surface area contributed by atoms with Crippen LogP contribution in [0.25, 0.3) is 0 Å². The summed E-state index contributed by atoms with van der Waals surface area (Å²) in [7, 11) is 3.63. The molecule has 142 valence electrons. The van der Waals surface area contributed by atoms with E-state index >= 15 is 0 Å². The number of amides is 1. The number of benzene rings is 1. The smallest absolute Gasteiger partial charge is 0.271 e. The Hall–Kier alpha value is -1.73. The number of allylic oxidation sites excluding steroid dienone is 1. The van der Waals surface area contributed by atoms with Gasteiger partial charge in [-0.25, -0.2) is 4.39 Å². The minimum absolute atomic E-state index is 0.0494. The molecule has 1 N–H and O–H groups in total. The number of likely N-dealkylation sites (N-methyl/N-ethyl adjacent to an activating group) is 1. The molecular formula is C19H26BrFN4O. The molecule has 5 nitrogen and oxygen atoms in total.